The lowest BCUT2D eigenvalue weighted by molar-refractivity contribution is 0.0978. The molecule has 2 heterocycles. The summed E-state index contributed by atoms with van der Waals surface area (Å²) in [5, 5.41) is -0.255. The number of nitrogens with one attached hydrogen (secondary N) is 1. The van der Waals surface area contributed by atoms with E-state index in [0.717, 1.165) is 27.8 Å². The number of ether oxygens (including phenoxy) is 2. The first-order valence-corrected chi connectivity index (χ1v) is 13.4. The van der Waals surface area contributed by atoms with Crippen LogP contribution in [0.1, 0.15) is 41.2 Å². The third kappa shape index (κ3) is 5.68. The molecule has 8 nitrogen and oxygen atoms in total. The van der Waals surface area contributed by atoms with Crippen LogP contribution < -0.4 is 14.2 Å². The molecule has 2 aromatic heterocycles. The minimum absolute atomic E-state index is 0. The number of pyridine rings is 2. The van der Waals surface area contributed by atoms with Gasteiger partial charge in [-0.2, -0.15) is 8.42 Å². The van der Waals surface area contributed by atoms with E-state index in [0.29, 0.717) is 22.9 Å². The fourth-order valence-corrected chi connectivity index (χ4v) is 5.13. The third-order valence-corrected chi connectivity index (χ3v) is 7.21. The maximum absolute atomic E-state index is 13.3. The van der Waals surface area contributed by atoms with Gasteiger partial charge in [-0.1, -0.05) is 35.9 Å². The molecule has 4 aromatic rings. The van der Waals surface area contributed by atoms with Crippen LogP contribution in [0.2, 0.25) is 0 Å². The highest BCUT2D eigenvalue weighted by atomic mass is 32.2. The predicted molar refractivity (Wildman–Crippen MR) is 150 cm³/mol. The van der Waals surface area contributed by atoms with Crippen molar-refractivity contribution in [2.75, 3.05) is 7.11 Å². The molecule has 2 aromatic carbocycles. The van der Waals surface area contributed by atoms with Gasteiger partial charge in [0, 0.05) is 14.1 Å². The lowest BCUT2D eigenvalue weighted by atomic mass is 10.1. The number of aryl methyl sites for hydroxylation is 5. The Bertz CT molecular complexity index is 1640. The van der Waals surface area contributed by atoms with E-state index in [4.69, 9.17) is 9.47 Å². The van der Waals surface area contributed by atoms with Crippen molar-refractivity contribution in [1.29, 1.82) is 0 Å². The molecule has 0 fully saturated rings. The van der Waals surface area contributed by atoms with Crippen LogP contribution in [0.3, 0.4) is 0 Å². The zero-order valence-corrected chi connectivity index (χ0v) is 22.9. The molecule has 200 valence electrons. The van der Waals surface area contributed by atoms with Crippen LogP contribution in [-0.2, 0) is 10.0 Å². The van der Waals surface area contributed by atoms with E-state index in [2.05, 4.69) is 14.7 Å². The Balaban J connectivity index is 0.00000280. The number of rotatable bonds is 7. The zero-order valence-electron chi connectivity index (χ0n) is 22.1. The summed E-state index contributed by atoms with van der Waals surface area (Å²) in [6.45, 7) is 9.39. The van der Waals surface area contributed by atoms with E-state index in [9.17, 15) is 13.2 Å². The highest BCUT2D eigenvalue weighted by Crippen LogP contribution is 2.33. The molecule has 38 heavy (non-hydrogen) atoms. The molecule has 0 aliphatic rings. The summed E-state index contributed by atoms with van der Waals surface area (Å²) in [7, 11) is -2.64. The lowest BCUT2D eigenvalue weighted by Crippen LogP contribution is -2.31. The van der Waals surface area contributed by atoms with Gasteiger partial charge in [-0.25, -0.2) is 14.7 Å². The summed E-state index contributed by atoms with van der Waals surface area (Å²) in [4.78, 5) is 22.0. The van der Waals surface area contributed by atoms with Crippen LogP contribution in [0.25, 0.3) is 11.3 Å². The topological polar surface area (TPSA) is 107 Å². The summed E-state index contributed by atoms with van der Waals surface area (Å²) >= 11 is 0. The number of aromatic nitrogens is 2. The van der Waals surface area contributed by atoms with E-state index in [1.54, 1.807) is 32.2 Å². The third-order valence-electron chi connectivity index (χ3n) is 5.98. The standard InChI is InChI=1S/C29H29N3O5S.2H2/c1-17-14-19(3)27(20(4)15-17)37-29-23(28(33)32-38(34,35)26-9-7-8-21(5)30-26)12-13-24(31-29)22-11-10-18(2)25(16-22)36-6;;/h7-16H,1-6H3,(H,32,33);2*1H. The largest absolute Gasteiger partial charge is 0.496 e. The second-order valence-corrected chi connectivity index (χ2v) is 10.7. The quantitative estimate of drug-likeness (QED) is 0.305. The van der Waals surface area contributed by atoms with Crippen molar-refractivity contribution in [2.45, 2.75) is 39.6 Å². The molecule has 0 atom stereocenters. The first-order valence-electron chi connectivity index (χ1n) is 11.9. The Kier molecular flexibility index (Phi) is 7.50. The van der Waals surface area contributed by atoms with Gasteiger partial charge in [0.2, 0.25) is 5.88 Å². The van der Waals surface area contributed by atoms with Crippen LogP contribution in [0.4, 0.5) is 0 Å². The average Bonchev–Trinajstić information content (AvgIpc) is 2.86. The van der Waals surface area contributed by atoms with Crippen LogP contribution in [-0.4, -0.2) is 31.4 Å². The summed E-state index contributed by atoms with van der Waals surface area (Å²) in [5.41, 5.74) is 5.49. The second-order valence-electron chi connectivity index (χ2n) is 9.12. The molecular formula is C29H33N3O5S. The number of methoxy groups -OCH3 is 1. The summed E-state index contributed by atoms with van der Waals surface area (Å²) in [6.07, 6.45) is 0. The molecule has 0 radical (unpaired) electrons. The number of amides is 1. The number of nitrogens with zero attached hydrogens (tertiary/aromatic N) is 2. The average molecular weight is 536 g/mol. The van der Waals surface area contributed by atoms with Gasteiger partial charge in [-0.05, 0) is 81.6 Å². The van der Waals surface area contributed by atoms with Crippen molar-refractivity contribution < 1.29 is 25.5 Å². The Morgan fingerprint density at radius 3 is 2.24 bits per heavy atom. The lowest BCUT2D eigenvalue weighted by Gasteiger charge is -2.16. The highest BCUT2D eigenvalue weighted by Gasteiger charge is 2.25. The molecule has 0 aliphatic carbocycles. The maximum Gasteiger partial charge on any atom is 0.281 e. The minimum atomic E-state index is -4.23. The molecule has 0 bridgehead atoms. The molecule has 4 rings (SSSR count). The smallest absolute Gasteiger partial charge is 0.281 e. The summed E-state index contributed by atoms with van der Waals surface area (Å²) in [6, 6.07) is 17.3. The number of benzene rings is 2. The molecule has 0 saturated carbocycles. The van der Waals surface area contributed by atoms with Crippen molar-refractivity contribution in [3.63, 3.8) is 0 Å². The van der Waals surface area contributed by atoms with E-state index in [1.807, 2.05) is 58.0 Å². The van der Waals surface area contributed by atoms with Gasteiger partial charge in [0.25, 0.3) is 15.9 Å². The van der Waals surface area contributed by atoms with E-state index < -0.39 is 15.9 Å². The van der Waals surface area contributed by atoms with Gasteiger partial charge in [0.15, 0.2) is 5.03 Å². The Labute approximate surface area is 225 Å². The van der Waals surface area contributed by atoms with Crippen molar-refractivity contribution in [3.05, 3.63) is 94.2 Å². The van der Waals surface area contributed by atoms with Crippen molar-refractivity contribution in [1.82, 2.24) is 14.7 Å². The summed E-state index contributed by atoms with van der Waals surface area (Å²) < 4.78 is 39.6. The van der Waals surface area contributed by atoms with Gasteiger partial charge in [0.1, 0.15) is 17.1 Å². The van der Waals surface area contributed by atoms with Gasteiger partial charge < -0.3 is 9.47 Å². The number of hydrogen-bond acceptors (Lipinski definition) is 7. The van der Waals surface area contributed by atoms with E-state index >= 15 is 0 Å². The number of sulfonamides is 1. The summed E-state index contributed by atoms with van der Waals surface area (Å²) in [5.74, 6) is 0.322. The second kappa shape index (κ2) is 10.6. The number of hydrogen-bond donors (Lipinski definition) is 1. The first-order chi connectivity index (χ1) is 18.0. The molecule has 0 spiro atoms. The van der Waals surface area contributed by atoms with E-state index in [1.165, 1.54) is 12.1 Å². The van der Waals surface area contributed by atoms with Crippen LogP contribution in [0, 0.1) is 34.6 Å². The molecule has 1 amide bonds. The molecule has 9 heteroatoms. The normalized spacial score (nSPS) is 11.2. The zero-order chi connectivity index (χ0) is 27.6. The Morgan fingerprint density at radius 2 is 1.58 bits per heavy atom. The fraction of sp³-hybridized carbons (Fsp3) is 0.207. The van der Waals surface area contributed by atoms with Crippen molar-refractivity contribution in [3.8, 4) is 28.6 Å². The number of carbonyl (C=O) groups is 1. The molecule has 1 N–H and O–H groups in total. The fourth-order valence-electron chi connectivity index (χ4n) is 4.15. The van der Waals surface area contributed by atoms with Crippen molar-refractivity contribution in [2.24, 2.45) is 0 Å². The Morgan fingerprint density at radius 1 is 0.868 bits per heavy atom. The number of carbonyl (C=O) groups excluding carboxylic acids is 1. The molecule has 0 saturated heterocycles. The molecular weight excluding hydrogens is 502 g/mol. The van der Waals surface area contributed by atoms with Gasteiger partial charge in [-0.3, -0.25) is 4.79 Å². The predicted octanol–water partition coefficient (Wildman–Crippen LogP) is 6.10. The first kappa shape index (κ1) is 26.8. The SMILES string of the molecule is COc1cc(-c2ccc(C(=O)NS(=O)(=O)c3cccc(C)n3)c(Oc3c(C)cc(C)cc3C)n2)ccc1C.[HH].[HH]. The highest BCUT2D eigenvalue weighted by molar-refractivity contribution is 7.90. The monoisotopic (exact) mass is 535 g/mol. The maximum atomic E-state index is 13.3. The van der Waals surface area contributed by atoms with Gasteiger partial charge in [-0.15, -0.1) is 0 Å². The van der Waals surface area contributed by atoms with Crippen LogP contribution >= 0.6 is 0 Å². The van der Waals surface area contributed by atoms with Crippen LogP contribution in [0.15, 0.2) is 65.7 Å². The van der Waals surface area contributed by atoms with Crippen molar-refractivity contribution >= 4 is 15.9 Å². The van der Waals surface area contributed by atoms with Crippen LogP contribution in [0.5, 0.6) is 17.4 Å². The molecule has 0 unspecified atom stereocenters. The van der Waals surface area contributed by atoms with E-state index in [-0.39, 0.29) is 19.3 Å². The molecule has 0 aliphatic heterocycles. The van der Waals surface area contributed by atoms with Gasteiger partial charge in [0.05, 0.1) is 12.8 Å². The minimum Gasteiger partial charge on any atom is -0.496 e. The van der Waals surface area contributed by atoms with Gasteiger partial charge >= 0.3 is 0 Å². The Hall–Kier alpha value is -4.24.